The molecular weight excluding hydrogens is 194 g/mol. The van der Waals surface area contributed by atoms with Crippen LogP contribution in [0.2, 0.25) is 0 Å². The Labute approximate surface area is 100 Å². The number of pyridine rings is 1. The molecule has 0 aliphatic heterocycles. The molecule has 0 unspecified atom stereocenters. The molecule has 1 heterocycles. The Kier molecular flexibility index (Phi) is 4.98. The molecule has 1 nitrogen and oxygen atoms in total. The molecular formula is C15H25N. The van der Waals surface area contributed by atoms with Gasteiger partial charge in [-0.15, -0.1) is 0 Å². The van der Waals surface area contributed by atoms with E-state index in [0.717, 1.165) is 0 Å². The second kappa shape index (κ2) is 6.03. The summed E-state index contributed by atoms with van der Waals surface area (Å²) in [5, 5.41) is 0. The fraction of sp³-hybridized carbons (Fsp3) is 0.667. The highest BCUT2D eigenvalue weighted by molar-refractivity contribution is 5.29. The predicted octanol–water partition coefficient (Wildman–Crippen LogP) is 4.50. The van der Waals surface area contributed by atoms with Gasteiger partial charge in [0.1, 0.15) is 0 Å². The first-order chi connectivity index (χ1) is 7.55. The van der Waals surface area contributed by atoms with Crippen molar-refractivity contribution in [2.45, 2.75) is 65.2 Å². The van der Waals surface area contributed by atoms with Gasteiger partial charge in [-0.3, -0.25) is 4.98 Å². The zero-order chi connectivity index (χ0) is 12.0. The van der Waals surface area contributed by atoms with Crippen molar-refractivity contribution in [3.8, 4) is 0 Å². The van der Waals surface area contributed by atoms with Gasteiger partial charge < -0.3 is 0 Å². The molecule has 0 amide bonds. The summed E-state index contributed by atoms with van der Waals surface area (Å²) in [4.78, 5) is 4.26. The number of hydrogen-bond donors (Lipinski definition) is 0. The average molecular weight is 219 g/mol. The van der Waals surface area contributed by atoms with Gasteiger partial charge in [0.05, 0.1) is 0 Å². The van der Waals surface area contributed by atoms with Gasteiger partial charge >= 0.3 is 0 Å². The summed E-state index contributed by atoms with van der Waals surface area (Å²) in [6, 6.07) is 2.19. The third-order valence-corrected chi connectivity index (χ3v) is 3.02. The molecule has 0 aliphatic rings. The maximum atomic E-state index is 4.26. The topological polar surface area (TPSA) is 12.9 Å². The third-order valence-electron chi connectivity index (χ3n) is 3.02. The highest BCUT2D eigenvalue weighted by Crippen LogP contribution is 2.26. The maximum Gasteiger partial charge on any atom is 0.0307 e. The monoisotopic (exact) mass is 219 g/mol. The van der Waals surface area contributed by atoms with Crippen LogP contribution in [0, 0.1) is 0 Å². The van der Waals surface area contributed by atoms with Crippen LogP contribution in [0.15, 0.2) is 18.5 Å². The summed E-state index contributed by atoms with van der Waals surface area (Å²) in [6.07, 6.45) is 10.5. The van der Waals surface area contributed by atoms with Crippen molar-refractivity contribution >= 4 is 0 Å². The molecule has 0 aliphatic carbocycles. The average Bonchev–Trinajstić information content (AvgIpc) is 2.24. The molecule has 16 heavy (non-hydrogen) atoms. The van der Waals surface area contributed by atoms with Crippen molar-refractivity contribution < 1.29 is 0 Å². The fourth-order valence-corrected chi connectivity index (χ4v) is 2.06. The van der Waals surface area contributed by atoms with Crippen LogP contribution in [0.25, 0.3) is 0 Å². The molecule has 0 aromatic carbocycles. The van der Waals surface area contributed by atoms with E-state index in [-0.39, 0.29) is 5.41 Å². The Bertz CT molecular complexity index is 309. The van der Waals surface area contributed by atoms with Crippen LogP contribution in [-0.4, -0.2) is 4.98 Å². The first kappa shape index (κ1) is 13.2. The first-order valence-electron chi connectivity index (χ1n) is 6.49. The summed E-state index contributed by atoms with van der Waals surface area (Å²) in [6.45, 7) is 9.05. The van der Waals surface area contributed by atoms with E-state index in [2.05, 4.69) is 38.7 Å². The lowest BCUT2D eigenvalue weighted by atomic mass is 9.84. The third kappa shape index (κ3) is 3.96. The van der Waals surface area contributed by atoms with Crippen molar-refractivity contribution in [2.24, 2.45) is 0 Å². The molecule has 0 spiro atoms. The van der Waals surface area contributed by atoms with Crippen LogP contribution >= 0.6 is 0 Å². The Hall–Kier alpha value is -0.850. The second-order valence-corrected chi connectivity index (χ2v) is 5.59. The molecule has 1 rings (SSSR count). The number of hydrogen-bond acceptors (Lipinski definition) is 1. The Morgan fingerprint density at radius 1 is 1.12 bits per heavy atom. The molecule has 1 heteroatoms. The van der Waals surface area contributed by atoms with E-state index in [1.54, 1.807) is 0 Å². The van der Waals surface area contributed by atoms with Gasteiger partial charge in [-0.25, -0.2) is 0 Å². The molecule has 0 radical (unpaired) electrons. The summed E-state index contributed by atoms with van der Waals surface area (Å²) >= 11 is 0. The largest absolute Gasteiger partial charge is 0.264 e. The van der Waals surface area contributed by atoms with Crippen molar-refractivity contribution in [2.75, 3.05) is 0 Å². The standard InChI is InChI=1S/C15H25N/c1-5-6-7-8-9-13-10-11-16-12-14(13)15(2,3)4/h10-12H,5-9H2,1-4H3. The summed E-state index contributed by atoms with van der Waals surface area (Å²) in [5.41, 5.74) is 3.11. The lowest BCUT2D eigenvalue weighted by Crippen LogP contribution is -2.14. The van der Waals surface area contributed by atoms with Crippen LogP contribution in [0.4, 0.5) is 0 Å². The van der Waals surface area contributed by atoms with E-state index >= 15 is 0 Å². The van der Waals surface area contributed by atoms with Crippen LogP contribution in [0.3, 0.4) is 0 Å². The first-order valence-corrected chi connectivity index (χ1v) is 6.49. The number of nitrogens with zero attached hydrogens (tertiary/aromatic N) is 1. The lowest BCUT2D eigenvalue weighted by molar-refractivity contribution is 0.573. The summed E-state index contributed by atoms with van der Waals surface area (Å²) < 4.78 is 0. The van der Waals surface area contributed by atoms with Gasteiger partial charge in [-0.1, -0.05) is 47.0 Å². The summed E-state index contributed by atoms with van der Waals surface area (Å²) in [7, 11) is 0. The van der Waals surface area contributed by atoms with Crippen molar-refractivity contribution in [1.82, 2.24) is 4.98 Å². The SMILES string of the molecule is CCCCCCc1ccncc1C(C)(C)C. The van der Waals surface area contributed by atoms with E-state index in [1.165, 1.54) is 43.2 Å². The number of aromatic nitrogens is 1. The lowest BCUT2D eigenvalue weighted by Gasteiger charge is -2.22. The van der Waals surface area contributed by atoms with Gasteiger partial charge in [0, 0.05) is 12.4 Å². The zero-order valence-electron chi connectivity index (χ0n) is 11.2. The minimum Gasteiger partial charge on any atom is -0.264 e. The van der Waals surface area contributed by atoms with Crippen LogP contribution in [0.1, 0.15) is 64.5 Å². The quantitative estimate of drug-likeness (QED) is 0.664. The Balaban J connectivity index is 2.65. The van der Waals surface area contributed by atoms with Gasteiger partial charge in [-0.05, 0) is 35.4 Å². The van der Waals surface area contributed by atoms with Gasteiger partial charge in [-0.2, -0.15) is 0 Å². The summed E-state index contributed by atoms with van der Waals surface area (Å²) in [5.74, 6) is 0. The van der Waals surface area contributed by atoms with E-state index < -0.39 is 0 Å². The van der Waals surface area contributed by atoms with Crippen molar-refractivity contribution in [3.63, 3.8) is 0 Å². The second-order valence-electron chi connectivity index (χ2n) is 5.59. The normalized spacial score (nSPS) is 11.8. The van der Waals surface area contributed by atoms with Gasteiger partial charge in [0.15, 0.2) is 0 Å². The van der Waals surface area contributed by atoms with Crippen LogP contribution < -0.4 is 0 Å². The number of aryl methyl sites for hydroxylation is 1. The van der Waals surface area contributed by atoms with E-state index in [4.69, 9.17) is 0 Å². The van der Waals surface area contributed by atoms with Crippen molar-refractivity contribution in [1.29, 1.82) is 0 Å². The molecule has 0 fully saturated rings. The molecule has 0 N–H and O–H groups in total. The molecule has 0 saturated carbocycles. The fourth-order valence-electron chi connectivity index (χ4n) is 2.06. The Morgan fingerprint density at radius 3 is 2.50 bits per heavy atom. The smallest absolute Gasteiger partial charge is 0.0307 e. The van der Waals surface area contributed by atoms with Crippen LogP contribution in [-0.2, 0) is 11.8 Å². The van der Waals surface area contributed by atoms with E-state index in [0.29, 0.717) is 0 Å². The minimum absolute atomic E-state index is 0.217. The van der Waals surface area contributed by atoms with Gasteiger partial charge in [0.25, 0.3) is 0 Å². The maximum absolute atomic E-state index is 4.26. The molecule has 0 bridgehead atoms. The molecule has 0 saturated heterocycles. The molecule has 1 aromatic rings. The minimum atomic E-state index is 0.217. The van der Waals surface area contributed by atoms with Gasteiger partial charge in [0.2, 0.25) is 0 Å². The molecule has 90 valence electrons. The Morgan fingerprint density at radius 2 is 1.88 bits per heavy atom. The van der Waals surface area contributed by atoms with E-state index in [9.17, 15) is 0 Å². The highest BCUT2D eigenvalue weighted by atomic mass is 14.6. The van der Waals surface area contributed by atoms with Crippen LogP contribution in [0.5, 0.6) is 0 Å². The molecule has 1 aromatic heterocycles. The highest BCUT2D eigenvalue weighted by Gasteiger charge is 2.17. The molecule has 0 atom stereocenters. The zero-order valence-corrected chi connectivity index (χ0v) is 11.2. The predicted molar refractivity (Wildman–Crippen MR) is 70.8 cm³/mol. The van der Waals surface area contributed by atoms with Crippen molar-refractivity contribution in [3.05, 3.63) is 29.6 Å². The number of unbranched alkanes of at least 4 members (excludes halogenated alkanes) is 3. The number of rotatable bonds is 5. The van der Waals surface area contributed by atoms with E-state index in [1.807, 2.05) is 12.4 Å².